The molecule has 12 heavy (non-hydrogen) atoms. The van der Waals surface area contributed by atoms with Gasteiger partial charge in [0.25, 0.3) is 0 Å². The first-order chi connectivity index (χ1) is 5.84. The van der Waals surface area contributed by atoms with Crippen LogP contribution in [-0.2, 0) is 14.3 Å². The Labute approximate surface area is 72.2 Å². The molecule has 4 heteroatoms. The molecule has 4 nitrogen and oxygen atoms in total. The Hall–Kier alpha value is -0.610. The van der Waals surface area contributed by atoms with E-state index in [0.717, 1.165) is 19.4 Å². The Balaban J connectivity index is 2.10. The maximum Gasteiger partial charge on any atom is 0.350 e. The van der Waals surface area contributed by atoms with Crippen molar-refractivity contribution in [2.24, 2.45) is 0 Å². The highest BCUT2D eigenvalue weighted by Gasteiger charge is 2.23. The normalized spacial score (nSPS) is 22.6. The third-order valence-electron chi connectivity index (χ3n) is 1.67. The molecule has 1 rings (SSSR count). The molecule has 1 aliphatic rings. The van der Waals surface area contributed by atoms with Gasteiger partial charge >= 0.3 is 5.97 Å². The highest BCUT2D eigenvalue weighted by atomic mass is 16.6. The summed E-state index contributed by atoms with van der Waals surface area (Å²) in [5.41, 5.74) is 0. The van der Waals surface area contributed by atoms with Gasteiger partial charge in [0, 0.05) is 6.54 Å². The fraction of sp³-hybridized carbons (Fsp3) is 0.875. The van der Waals surface area contributed by atoms with E-state index in [2.05, 4.69) is 12.2 Å². The van der Waals surface area contributed by atoms with E-state index in [-0.39, 0.29) is 5.97 Å². The van der Waals surface area contributed by atoms with Crippen molar-refractivity contribution in [1.29, 1.82) is 0 Å². The second-order valence-corrected chi connectivity index (χ2v) is 2.73. The summed E-state index contributed by atoms with van der Waals surface area (Å²) >= 11 is 0. The predicted octanol–water partition coefficient (Wildman–Crippen LogP) is 0.276. The van der Waals surface area contributed by atoms with Crippen LogP contribution in [0.25, 0.3) is 0 Å². The molecule has 0 bridgehead atoms. The topological polar surface area (TPSA) is 47.6 Å². The van der Waals surface area contributed by atoms with Gasteiger partial charge < -0.3 is 9.47 Å². The maximum absolute atomic E-state index is 11.1. The molecule has 0 amide bonds. The molecule has 1 unspecified atom stereocenters. The molecular weight excluding hydrogens is 158 g/mol. The minimum Gasteiger partial charge on any atom is -0.463 e. The molecule has 0 aliphatic carbocycles. The molecule has 0 aromatic rings. The van der Waals surface area contributed by atoms with Gasteiger partial charge in [-0.1, -0.05) is 13.3 Å². The molecule has 1 N–H and O–H groups in total. The standard InChI is InChI=1S/C8H15NO3/c1-2-3-5-12-8(10)7-9-4-6-11-7/h7,9H,2-6H2,1H3. The van der Waals surface area contributed by atoms with Gasteiger partial charge in [-0.15, -0.1) is 0 Å². The highest BCUT2D eigenvalue weighted by Crippen LogP contribution is 1.99. The van der Waals surface area contributed by atoms with E-state index >= 15 is 0 Å². The Kier molecular flexibility index (Phi) is 4.04. The van der Waals surface area contributed by atoms with Crippen LogP contribution in [0, 0.1) is 0 Å². The molecule has 1 aliphatic heterocycles. The summed E-state index contributed by atoms with van der Waals surface area (Å²) in [5.74, 6) is -0.291. The van der Waals surface area contributed by atoms with E-state index in [1.54, 1.807) is 0 Å². The quantitative estimate of drug-likeness (QED) is 0.490. The van der Waals surface area contributed by atoms with Crippen molar-refractivity contribution in [3.8, 4) is 0 Å². The molecule has 0 radical (unpaired) electrons. The molecule has 0 saturated carbocycles. The van der Waals surface area contributed by atoms with Crippen LogP contribution in [0.15, 0.2) is 0 Å². The van der Waals surface area contributed by atoms with Gasteiger partial charge in [0.05, 0.1) is 13.2 Å². The van der Waals surface area contributed by atoms with Crippen molar-refractivity contribution in [2.75, 3.05) is 19.8 Å². The zero-order valence-electron chi connectivity index (χ0n) is 7.34. The molecule has 0 spiro atoms. The number of carbonyl (C=O) groups excluding carboxylic acids is 1. The smallest absolute Gasteiger partial charge is 0.350 e. The molecule has 0 aromatic heterocycles. The van der Waals surface area contributed by atoms with Crippen molar-refractivity contribution in [1.82, 2.24) is 5.32 Å². The molecular formula is C8H15NO3. The number of esters is 1. The van der Waals surface area contributed by atoms with E-state index < -0.39 is 6.23 Å². The third-order valence-corrected chi connectivity index (χ3v) is 1.67. The summed E-state index contributed by atoms with van der Waals surface area (Å²) in [6.07, 6.45) is 1.42. The number of unbranched alkanes of at least 4 members (excludes halogenated alkanes) is 1. The van der Waals surface area contributed by atoms with Gasteiger partial charge in [0.2, 0.25) is 6.23 Å². The Morgan fingerprint density at radius 3 is 3.17 bits per heavy atom. The monoisotopic (exact) mass is 173 g/mol. The number of nitrogens with one attached hydrogen (secondary N) is 1. The second-order valence-electron chi connectivity index (χ2n) is 2.73. The Morgan fingerprint density at radius 2 is 2.58 bits per heavy atom. The van der Waals surface area contributed by atoms with Gasteiger partial charge in [0.1, 0.15) is 0 Å². The fourth-order valence-electron chi connectivity index (χ4n) is 0.970. The lowest BCUT2D eigenvalue weighted by Gasteiger charge is -2.08. The first kappa shape index (κ1) is 9.48. The summed E-state index contributed by atoms with van der Waals surface area (Å²) in [7, 11) is 0. The third kappa shape index (κ3) is 2.79. The first-order valence-corrected chi connectivity index (χ1v) is 4.36. The molecule has 0 aromatic carbocycles. The predicted molar refractivity (Wildman–Crippen MR) is 43.6 cm³/mol. The van der Waals surface area contributed by atoms with E-state index in [4.69, 9.17) is 9.47 Å². The van der Waals surface area contributed by atoms with Crippen LogP contribution in [-0.4, -0.2) is 32.0 Å². The van der Waals surface area contributed by atoms with Crippen molar-refractivity contribution < 1.29 is 14.3 Å². The fourth-order valence-corrected chi connectivity index (χ4v) is 0.970. The zero-order chi connectivity index (χ0) is 8.81. The number of ether oxygens (including phenoxy) is 2. The summed E-state index contributed by atoms with van der Waals surface area (Å²) in [6, 6.07) is 0. The highest BCUT2D eigenvalue weighted by molar-refractivity contribution is 5.74. The number of hydrogen-bond acceptors (Lipinski definition) is 4. The maximum atomic E-state index is 11.1. The van der Waals surface area contributed by atoms with Crippen LogP contribution < -0.4 is 5.32 Å². The zero-order valence-corrected chi connectivity index (χ0v) is 7.34. The lowest BCUT2D eigenvalue weighted by Crippen LogP contribution is -2.33. The van der Waals surface area contributed by atoms with Crippen LogP contribution >= 0.6 is 0 Å². The molecule has 1 heterocycles. The first-order valence-electron chi connectivity index (χ1n) is 4.36. The van der Waals surface area contributed by atoms with E-state index in [9.17, 15) is 4.79 Å². The van der Waals surface area contributed by atoms with E-state index in [0.29, 0.717) is 13.2 Å². The van der Waals surface area contributed by atoms with Crippen LogP contribution in [0.5, 0.6) is 0 Å². The Bertz CT molecular complexity index is 143. The van der Waals surface area contributed by atoms with Crippen molar-refractivity contribution >= 4 is 5.97 Å². The van der Waals surface area contributed by atoms with Crippen LogP contribution in [0.4, 0.5) is 0 Å². The van der Waals surface area contributed by atoms with Gasteiger partial charge in [-0.05, 0) is 6.42 Å². The largest absolute Gasteiger partial charge is 0.463 e. The molecule has 70 valence electrons. The van der Waals surface area contributed by atoms with E-state index in [1.807, 2.05) is 0 Å². The summed E-state index contributed by atoms with van der Waals surface area (Å²) in [6.45, 7) is 3.87. The average Bonchev–Trinajstić information content (AvgIpc) is 2.56. The minimum atomic E-state index is -0.526. The molecule has 1 atom stereocenters. The number of hydrogen-bond donors (Lipinski definition) is 1. The summed E-state index contributed by atoms with van der Waals surface area (Å²) in [5, 5.41) is 2.89. The van der Waals surface area contributed by atoms with Gasteiger partial charge in [-0.25, -0.2) is 4.79 Å². The average molecular weight is 173 g/mol. The van der Waals surface area contributed by atoms with Crippen molar-refractivity contribution in [2.45, 2.75) is 26.0 Å². The second kappa shape index (κ2) is 5.11. The lowest BCUT2D eigenvalue weighted by molar-refractivity contribution is -0.155. The number of rotatable bonds is 4. The van der Waals surface area contributed by atoms with Gasteiger partial charge in [-0.2, -0.15) is 0 Å². The minimum absolute atomic E-state index is 0.291. The van der Waals surface area contributed by atoms with Crippen molar-refractivity contribution in [3.63, 3.8) is 0 Å². The SMILES string of the molecule is CCCCOC(=O)C1NCCO1. The molecule has 1 saturated heterocycles. The number of carbonyl (C=O) groups is 1. The summed E-state index contributed by atoms with van der Waals surface area (Å²) in [4.78, 5) is 11.1. The summed E-state index contributed by atoms with van der Waals surface area (Å²) < 4.78 is 10.00. The Morgan fingerprint density at radius 1 is 1.75 bits per heavy atom. The molecule has 1 fully saturated rings. The lowest BCUT2D eigenvalue weighted by atomic mass is 10.4. The van der Waals surface area contributed by atoms with Gasteiger partial charge in [-0.3, -0.25) is 5.32 Å². The van der Waals surface area contributed by atoms with Gasteiger partial charge in [0.15, 0.2) is 0 Å². The van der Waals surface area contributed by atoms with Crippen molar-refractivity contribution in [3.05, 3.63) is 0 Å². The van der Waals surface area contributed by atoms with Crippen LogP contribution in [0.2, 0.25) is 0 Å². The van der Waals surface area contributed by atoms with Crippen LogP contribution in [0.1, 0.15) is 19.8 Å². The van der Waals surface area contributed by atoms with Crippen LogP contribution in [0.3, 0.4) is 0 Å². The van der Waals surface area contributed by atoms with E-state index in [1.165, 1.54) is 0 Å².